The molecular weight excluding hydrogens is 314 g/mol. The highest BCUT2D eigenvalue weighted by atomic mass is 79.9. The molecule has 0 bridgehead atoms. The van der Waals surface area contributed by atoms with E-state index in [4.69, 9.17) is 0 Å². The molecule has 0 radical (unpaired) electrons. The molecule has 2 nitrogen and oxygen atoms in total. The maximum atomic E-state index is 10.4. The van der Waals surface area contributed by atoms with Crippen molar-refractivity contribution >= 4 is 15.9 Å². The van der Waals surface area contributed by atoms with Crippen LogP contribution in [0, 0.1) is 5.92 Å². The summed E-state index contributed by atoms with van der Waals surface area (Å²) in [5.74, 6) is 0.937. The minimum atomic E-state index is -0.338. The van der Waals surface area contributed by atoms with Crippen molar-refractivity contribution in [3.8, 4) is 0 Å². The first-order chi connectivity index (χ1) is 9.74. The van der Waals surface area contributed by atoms with Crippen molar-refractivity contribution < 1.29 is 5.11 Å². The van der Waals surface area contributed by atoms with Crippen molar-refractivity contribution in [2.45, 2.75) is 50.7 Å². The molecule has 1 saturated carbocycles. The monoisotopic (exact) mass is 337 g/mol. The molecule has 1 aliphatic heterocycles. The molecular formula is C17H24BrNO. The van der Waals surface area contributed by atoms with Crippen LogP contribution in [0.25, 0.3) is 0 Å². The van der Waals surface area contributed by atoms with Crippen LogP contribution in [0.3, 0.4) is 0 Å². The molecule has 2 aliphatic rings. The average molecular weight is 338 g/mol. The van der Waals surface area contributed by atoms with Crippen molar-refractivity contribution in [1.29, 1.82) is 0 Å². The summed E-state index contributed by atoms with van der Waals surface area (Å²) in [6, 6.07) is 8.85. The Morgan fingerprint density at radius 2 is 2.10 bits per heavy atom. The summed E-state index contributed by atoms with van der Waals surface area (Å²) in [5, 5.41) is 10.4. The summed E-state index contributed by atoms with van der Waals surface area (Å²) >= 11 is 3.47. The lowest BCUT2D eigenvalue weighted by Gasteiger charge is -2.32. The van der Waals surface area contributed by atoms with Gasteiger partial charge >= 0.3 is 0 Å². The number of benzene rings is 1. The third kappa shape index (κ3) is 3.26. The van der Waals surface area contributed by atoms with Gasteiger partial charge in [-0.2, -0.15) is 0 Å². The number of hydrogen-bond acceptors (Lipinski definition) is 2. The minimum absolute atomic E-state index is 0.338. The van der Waals surface area contributed by atoms with Crippen molar-refractivity contribution in [3.63, 3.8) is 0 Å². The van der Waals surface area contributed by atoms with Gasteiger partial charge in [-0.25, -0.2) is 0 Å². The van der Waals surface area contributed by atoms with Crippen LogP contribution in [0.1, 0.15) is 50.2 Å². The zero-order valence-electron chi connectivity index (χ0n) is 12.0. The zero-order valence-corrected chi connectivity index (χ0v) is 13.6. The van der Waals surface area contributed by atoms with Crippen LogP contribution in [0.15, 0.2) is 28.7 Å². The van der Waals surface area contributed by atoms with Crippen LogP contribution in [0.4, 0.5) is 0 Å². The van der Waals surface area contributed by atoms with Crippen LogP contribution in [0.2, 0.25) is 0 Å². The molecule has 1 saturated heterocycles. The Morgan fingerprint density at radius 3 is 2.95 bits per heavy atom. The molecule has 2 fully saturated rings. The summed E-state index contributed by atoms with van der Waals surface area (Å²) in [5.41, 5.74) is 1.03. The highest BCUT2D eigenvalue weighted by Gasteiger charge is 2.35. The largest absolute Gasteiger partial charge is 0.388 e. The molecule has 3 heteroatoms. The first-order valence-corrected chi connectivity index (χ1v) is 8.71. The van der Waals surface area contributed by atoms with Gasteiger partial charge in [-0.15, -0.1) is 0 Å². The first-order valence-electron chi connectivity index (χ1n) is 7.91. The van der Waals surface area contributed by atoms with Crippen LogP contribution in [-0.2, 0) is 0 Å². The highest BCUT2D eigenvalue weighted by Crippen LogP contribution is 2.36. The van der Waals surface area contributed by atoms with E-state index in [1.165, 1.54) is 38.6 Å². The Hall–Kier alpha value is -0.380. The standard InChI is InChI=1S/C17H24BrNO/c18-15-6-3-5-14(12-15)17(20)9-11-19-10-8-13-4-1-2-7-16(13)19/h3,5-6,12-13,16-17,20H,1-2,4,7-11H2. The molecule has 110 valence electrons. The van der Waals surface area contributed by atoms with E-state index < -0.39 is 0 Å². The summed E-state index contributed by atoms with van der Waals surface area (Å²) in [7, 11) is 0. The predicted molar refractivity (Wildman–Crippen MR) is 85.7 cm³/mol. The second-order valence-electron chi connectivity index (χ2n) is 6.30. The highest BCUT2D eigenvalue weighted by molar-refractivity contribution is 9.10. The Balaban J connectivity index is 1.54. The molecule has 3 unspecified atom stereocenters. The van der Waals surface area contributed by atoms with Gasteiger partial charge < -0.3 is 5.11 Å². The summed E-state index contributed by atoms with van der Waals surface area (Å²) in [6.45, 7) is 2.27. The summed E-state index contributed by atoms with van der Waals surface area (Å²) in [6.07, 6.45) is 7.50. The normalized spacial score (nSPS) is 28.3. The van der Waals surface area contributed by atoms with Gasteiger partial charge in [0.15, 0.2) is 0 Å². The van der Waals surface area contributed by atoms with Crippen molar-refractivity contribution in [3.05, 3.63) is 34.3 Å². The topological polar surface area (TPSA) is 23.5 Å². The maximum Gasteiger partial charge on any atom is 0.0802 e. The summed E-state index contributed by atoms with van der Waals surface area (Å²) < 4.78 is 1.04. The van der Waals surface area contributed by atoms with Crippen molar-refractivity contribution in [1.82, 2.24) is 4.90 Å². The first kappa shape index (κ1) is 14.6. The molecule has 3 rings (SSSR count). The third-order valence-electron chi connectivity index (χ3n) is 5.05. The molecule has 1 heterocycles. The number of nitrogens with zero attached hydrogens (tertiary/aromatic N) is 1. The van der Waals surface area contributed by atoms with Gasteiger partial charge in [0.05, 0.1) is 6.10 Å². The minimum Gasteiger partial charge on any atom is -0.388 e. The van der Waals surface area contributed by atoms with Crippen LogP contribution in [0.5, 0.6) is 0 Å². The fourth-order valence-electron chi connectivity index (χ4n) is 3.95. The molecule has 20 heavy (non-hydrogen) atoms. The van der Waals surface area contributed by atoms with Crippen LogP contribution >= 0.6 is 15.9 Å². The summed E-state index contributed by atoms with van der Waals surface area (Å²) in [4.78, 5) is 2.63. The molecule has 1 N–H and O–H groups in total. The number of rotatable bonds is 4. The van der Waals surface area contributed by atoms with Gasteiger partial charge in [-0.1, -0.05) is 40.9 Å². The van der Waals surface area contributed by atoms with E-state index in [-0.39, 0.29) is 6.10 Å². The van der Waals surface area contributed by atoms with E-state index in [1.54, 1.807) is 0 Å². The molecule has 0 aromatic heterocycles. The van der Waals surface area contributed by atoms with Gasteiger partial charge in [0.1, 0.15) is 0 Å². The van der Waals surface area contributed by atoms with Gasteiger partial charge in [-0.05, 0) is 55.8 Å². The van der Waals surface area contributed by atoms with E-state index in [0.717, 1.165) is 35.0 Å². The van der Waals surface area contributed by atoms with Gasteiger partial charge in [-0.3, -0.25) is 4.90 Å². The Kier molecular flexibility index (Phi) is 4.79. The van der Waals surface area contributed by atoms with Crippen molar-refractivity contribution in [2.75, 3.05) is 13.1 Å². The average Bonchev–Trinajstić information content (AvgIpc) is 2.88. The van der Waals surface area contributed by atoms with Crippen LogP contribution < -0.4 is 0 Å². The van der Waals surface area contributed by atoms with E-state index in [0.29, 0.717) is 0 Å². The Bertz CT molecular complexity index is 450. The lowest BCUT2D eigenvalue weighted by atomic mass is 9.85. The Morgan fingerprint density at radius 1 is 1.25 bits per heavy atom. The number of aliphatic hydroxyl groups is 1. The van der Waals surface area contributed by atoms with Gasteiger partial charge in [0.2, 0.25) is 0 Å². The fourth-order valence-corrected chi connectivity index (χ4v) is 4.37. The van der Waals surface area contributed by atoms with E-state index in [2.05, 4.69) is 20.8 Å². The lowest BCUT2D eigenvalue weighted by molar-refractivity contribution is 0.123. The molecule has 1 aliphatic carbocycles. The second-order valence-corrected chi connectivity index (χ2v) is 7.21. The van der Waals surface area contributed by atoms with E-state index in [1.807, 2.05) is 24.3 Å². The zero-order chi connectivity index (χ0) is 13.9. The SMILES string of the molecule is OC(CCN1CCC2CCCCC21)c1cccc(Br)c1. The van der Waals surface area contributed by atoms with Gasteiger partial charge in [0, 0.05) is 17.1 Å². The molecule has 0 amide bonds. The fraction of sp³-hybridized carbons (Fsp3) is 0.647. The van der Waals surface area contributed by atoms with E-state index in [9.17, 15) is 5.11 Å². The number of halogens is 1. The second kappa shape index (κ2) is 6.59. The number of likely N-dealkylation sites (tertiary alicyclic amines) is 1. The molecule has 0 spiro atoms. The molecule has 3 atom stereocenters. The Labute approximate surface area is 130 Å². The predicted octanol–water partition coefficient (Wildman–Crippen LogP) is 4.14. The number of fused-ring (bicyclic) bond motifs is 1. The number of aliphatic hydroxyl groups excluding tert-OH is 1. The molecule has 1 aromatic carbocycles. The lowest BCUT2D eigenvalue weighted by Crippen LogP contribution is -2.35. The smallest absolute Gasteiger partial charge is 0.0802 e. The maximum absolute atomic E-state index is 10.4. The van der Waals surface area contributed by atoms with Gasteiger partial charge in [0.25, 0.3) is 0 Å². The third-order valence-corrected chi connectivity index (χ3v) is 5.54. The molecule has 1 aromatic rings. The number of hydrogen-bond donors (Lipinski definition) is 1. The van der Waals surface area contributed by atoms with E-state index >= 15 is 0 Å². The van der Waals surface area contributed by atoms with Crippen molar-refractivity contribution in [2.24, 2.45) is 5.92 Å². The quantitative estimate of drug-likeness (QED) is 0.892. The van der Waals surface area contributed by atoms with Crippen LogP contribution in [-0.4, -0.2) is 29.1 Å².